The minimum atomic E-state index is -1.11. The van der Waals surface area contributed by atoms with Gasteiger partial charge in [-0.05, 0) is 81.1 Å². The summed E-state index contributed by atoms with van der Waals surface area (Å²) in [5, 5.41) is 8.91. The normalized spacial score (nSPS) is 23.9. The molecule has 2 bridgehead atoms. The van der Waals surface area contributed by atoms with Gasteiger partial charge >= 0.3 is 0 Å². The first kappa shape index (κ1) is 42.8. The summed E-state index contributed by atoms with van der Waals surface area (Å²) in [7, 11) is 0. The average molecular weight is 910 g/mol. The lowest BCUT2D eigenvalue weighted by Gasteiger charge is -2.58. The number of benzene rings is 3. The number of ether oxygens (including phenoxy) is 2. The molecule has 6 fully saturated rings. The van der Waals surface area contributed by atoms with Gasteiger partial charge < -0.3 is 25.0 Å². The number of rotatable bonds is 12. The van der Waals surface area contributed by atoms with Crippen LogP contribution in [0, 0.1) is 17.6 Å². The number of amides is 5. The number of halogens is 3. The average Bonchev–Trinajstić information content (AvgIpc) is 3.89. The van der Waals surface area contributed by atoms with Crippen molar-refractivity contribution in [2.75, 3.05) is 68.0 Å². The molecule has 0 saturated carbocycles. The van der Waals surface area contributed by atoms with Gasteiger partial charge in [-0.3, -0.25) is 44.0 Å². The number of likely N-dealkylation sites (tertiary alicyclic amines) is 1. The molecule has 4 atom stereocenters. The van der Waals surface area contributed by atoms with Crippen molar-refractivity contribution >= 4 is 74.9 Å². The molecule has 7 aliphatic heterocycles. The SMILES string of the molecule is O=C(/C=C/CN1CCC(CN2C3CC2CN(c2cc4c(cc2F)C(=O)N(C2CCC(=O)NC2=O)C4=O)C3)CC1)Nc1cc2c(Nc3ccc(F)c(Cl)c3)ncnc2cc1OC1CCOC1. The molecule has 0 aliphatic carbocycles. The summed E-state index contributed by atoms with van der Waals surface area (Å²) in [6, 6.07) is 9.71. The van der Waals surface area contributed by atoms with E-state index in [2.05, 4.69) is 35.7 Å². The van der Waals surface area contributed by atoms with Gasteiger partial charge in [0.25, 0.3) is 11.8 Å². The van der Waals surface area contributed by atoms with Crippen LogP contribution in [-0.4, -0.2) is 131 Å². The van der Waals surface area contributed by atoms with E-state index in [0.717, 1.165) is 49.9 Å². The number of carbonyl (C=O) groups is 5. The molecule has 3 N–H and O–H groups in total. The molecular formula is C46H46ClF2N9O7. The summed E-state index contributed by atoms with van der Waals surface area (Å²) in [6.07, 6.45) is 8.39. The molecule has 11 rings (SSSR count). The molecule has 16 nitrogen and oxygen atoms in total. The summed E-state index contributed by atoms with van der Waals surface area (Å²) >= 11 is 6.02. The van der Waals surface area contributed by atoms with E-state index in [9.17, 15) is 28.4 Å². The zero-order valence-electron chi connectivity index (χ0n) is 35.2. The van der Waals surface area contributed by atoms with Crippen molar-refractivity contribution in [2.45, 2.75) is 62.8 Å². The second-order valence-corrected chi connectivity index (χ2v) is 17.9. The largest absolute Gasteiger partial charge is 0.486 e. The molecule has 0 radical (unpaired) electrons. The number of hydrogen-bond acceptors (Lipinski definition) is 13. The van der Waals surface area contributed by atoms with Gasteiger partial charge in [-0.1, -0.05) is 17.7 Å². The molecule has 3 aromatic carbocycles. The lowest BCUT2D eigenvalue weighted by atomic mass is 9.84. The second-order valence-electron chi connectivity index (χ2n) is 17.5. The fraction of sp³-hybridized carbons (Fsp3) is 0.413. The predicted molar refractivity (Wildman–Crippen MR) is 235 cm³/mol. The topological polar surface area (TPSA) is 179 Å². The van der Waals surface area contributed by atoms with Crippen molar-refractivity contribution < 1.29 is 42.2 Å². The van der Waals surface area contributed by atoms with Crippen LogP contribution < -0.4 is 25.6 Å². The first-order valence-corrected chi connectivity index (χ1v) is 22.3. The molecule has 0 spiro atoms. The molecular weight excluding hydrogens is 864 g/mol. The minimum absolute atomic E-state index is 0.00870. The Bertz CT molecular complexity index is 2630. The summed E-state index contributed by atoms with van der Waals surface area (Å²) in [5.41, 5.74) is 1.82. The molecule has 7 aliphatic rings. The van der Waals surface area contributed by atoms with Crippen molar-refractivity contribution in [1.82, 2.24) is 30.0 Å². The van der Waals surface area contributed by atoms with Crippen LogP contribution in [-0.2, 0) is 19.1 Å². The second kappa shape index (κ2) is 17.7. The van der Waals surface area contributed by atoms with Gasteiger partial charge in [0, 0.05) is 74.3 Å². The van der Waals surface area contributed by atoms with Crippen LogP contribution in [0.3, 0.4) is 0 Å². The minimum Gasteiger partial charge on any atom is -0.486 e. The van der Waals surface area contributed by atoms with Gasteiger partial charge in [0.05, 0.1) is 46.3 Å². The van der Waals surface area contributed by atoms with Gasteiger partial charge in [0.1, 0.15) is 41.7 Å². The summed E-state index contributed by atoms with van der Waals surface area (Å²) in [6.45, 7) is 5.53. The van der Waals surface area contributed by atoms with E-state index >= 15 is 4.39 Å². The highest BCUT2D eigenvalue weighted by atomic mass is 35.5. The number of aromatic nitrogens is 2. The van der Waals surface area contributed by atoms with E-state index in [1.54, 1.807) is 18.2 Å². The third-order valence-corrected chi connectivity index (χ3v) is 13.6. The maximum Gasteiger partial charge on any atom is 0.262 e. The van der Waals surface area contributed by atoms with Gasteiger partial charge in [0.15, 0.2) is 0 Å². The van der Waals surface area contributed by atoms with E-state index in [1.807, 2.05) is 11.0 Å². The van der Waals surface area contributed by atoms with Crippen molar-refractivity contribution in [3.8, 4) is 5.75 Å². The maximum atomic E-state index is 15.6. The Hall–Kier alpha value is -6.08. The number of piperidine rings is 3. The van der Waals surface area contributed by atoms with Crippen molar-refractivity contribution in [2.24, 2.45) is 5.92 Å². The molecule has 8 heterocycles. The quantitative estimate of drug-likeness (QED) is 0.127. The Morgan fingerprint density at radius 3 is 2.48 bits per heavy atom. The molecule has 65 heavy (non-hydrogen) atoms. The first-order valence-electron chi connectivity index (χ1n) is 22.0. The highest BCUT2D eigenvalue weighted by Gasteiger charge is 2.48. The van der Waals surface area contributed by atoms with Crippen LogP contribution in [0.15, 0.2) is 60.9 Å². The number of hydrogen-bond donors (Lipinski definition) is 3. The molecule has 6 saturated heterocycles. The van der Waals surface area contributed by atoms with E-state index < -0.39 is 41.3 Å². The summed E-state index contributed by atoms with van der Waals surface area (Å²) in [4.78, 5) is 80.6. The third-order valence-electron chi connectivity index (χ3n) is 13.4. The van der Waals surface area contributed by atoms with Crippen LogP contribution >= 0.6 is 11.6 Å². The lowest BCUT2D eigenvalue weighted by Crippen LogP contribution is -2.69. The van der Waals surface area contributed by atoms with Crippen LogP contribution in [0.5, 0.6) is 5.75 Å². The van der Waals surface area contributed by atoms with Gasteiger partial charge in [-0.25, -0.2) is 18.7 Å². The number of imide groups is 2. The van der Waals surface area contributed by atoms with Crippen LogP contribution in [0.2, 0.25) is 5.02 Å². The number of carbonyl (C=O) groups excluding carboxylic acids is 5. The monoisotopic (exact) mass is 909 g/mol. The summed E-state index contributed by atoms with van der Waals surface area (Å²) in [5.74, 6) is -2.60. The molecule has 5 amide bonds. The van der Waals surface area contributed by atoms with Gasteiger partial charge in [-0.15, -0.1) is 0 Å². The molecule has 4 aromatic rings. The van der Waals surface area contributed by atoms with Gasteiger partial charge in [0.2, 0.25) is 17.7 Å². The zero-order chi connectivity index (χ0) is 44.9. The standard InChI is InChI=1S/C46H46ClF2N9O7/c47-33-14-26(3-4-34(33)48)52-43-32-17-37(40(19-36(32)50-24-51-43)65-29-9-13-64-23-29)53-41(59)2-1-10-55-11-7-25(8-12-55)20-57-27-15-28(57)22-56(21-27)39-18-31-30(16-35(39)49)45(62)58(46(31)63)38-5-6-42(60)54-44(38)61/h1-4,14,16-19,24-25,27-29,38H,5-13,15,20-23H2,(H,53,59)(H,50,51,52)(H,54,60,61)/b2-1+. The van der Waals surface area contributed by atoms with Crippen molar-refractivity contribution in [1.29, 1.82) is 0 Å². The van der Waals surface area contributed by atoms with Gasteiger partial charge in [-0.2, -0.15) is 0 Å². The Morgan fingerprint density at radius 1 is 0.954 bits per heavy atom. The lowest BCUT2D eigenvalue weighted by molar-refractivity contribution is -0.136. The Kier molecular flexibility index (Phi) is 11.7. The van der Waals surface area contributed by atoms with Crippen molar-refractivity contribution in [3.63, 3.8) is 0 Å². The zero-order valence-corrected chi connectivity index (χ0v) is 36.0. The number of nitrogens with one attached hydrogen (secondary N) is 3. The smallest absolute Gasteiger partial charge is 0.262 e. The highest BCUT2D eigenvalue weighted by molar-refractivity contribution is 6.31. The van der Waals surface area contributed by atoms with Crippen LogP contribution in [0.1, 0.15) is 59.2 Å². The fourth-order valence-corrected chi connectivity index (χ4v) is 10.1. The Labute approximate surface area is 377 Å². The summed E-state index contributed by atoms with van der Waals surface area (Å²) < 4.78 is 41.2. The number of nitrogens with zero attached hydrogens (tertiary/aromatic N) is 6. The Balaban J connectivity index is 0.722. The highest BCUT2D eigenvalue weighted by Crippen LogP contribution is 2.40. The van der Waals surface area contributed by atoms with E-state index in [-0.39, 0.29) is 58.8 Å². The molecule has 1 aromatic heterocycles. The van der Waals surface area contributed by atoms with Crippen LogP contribution in [0.25, 0.3) is 10.9 Å². The predicted octanol–water partition coefficient (Wildman–Crippen LogP) is 5.04. The van der Waals surface area contributed by atoms with E-state index in [4.69, 9.17) is 21.1 Å². The number of fused-ring (bicyclic) bond motifs is 4. The maximum absolute atomic E-state index is 15.6. The number of anilines is 4. The first-order chi connectivity index (χ1) is 31.4. The third kappa shape index (κ3) is 8.62. The fourth-order valence-electron chi connectivity index (χ4n) is 9.91. The number of piperazine rings is 1. The van der Waals surface area contributed by atoms with Crippen molar-refractivity contribution in [3.05, 3.63) is 88.7 Å². The molecule has 4 unspecified atom stereocenters. The van der Waals surface area contributed by atoms with E-state index in [0.29, 0.717) is 79.0 Å². The van der Waals surface area contributed by atoms with Crippen LogP contribution in [0.4, 0.5) is 31.7 Å². The molecule has 338 valence electrons. The molecule has 19 heteroatoms. The Morgan fingerprint density at radius 2 is 1.74 bits per heavy atom. The van der Waals surface area contributed by atoms with E-state index in [1.165, 1.54) is 30.6 Å².